The molecule has 1 aromatic carbocycles. The van der Waals surface area contributed by atoms with Crippen molar-refractivity contribution in [3.8, 4) is 17.0 Å². The van der Waals surface area contributed by atoms with Crippen LogP contribution in [0.3, 0.4) is 0 Å². The van der Waals surface area contributed by atoms with E-state index in [-0.39, 0.29) is 11.7 Å². The number of pyridine rings is 1. The average Bonchev–Trinajstić information content (AvgIpc) is 2.49. The molecule has 118 valence electrons. The topological polar surface area (TPSA) is 43.3 Å². The summed E-state index contributed by atoms with van der Waals surface area (Å²) in [7, 11) is 1.84. The summed E-state index contributed by atoms with van der Waals surface area (Å²) in [6, 6.07) is 11.8. The Morgan fingerprint density at radius 2 is 1.82 bits per heavy atom. The van der Waals surface area contributed by atoms with Crippen LogP contribution < -0.4 is 15.6 Å². The first-order chi connectivity index (χ1) is 10.6. The van der Waals surface area contributed by atoms with E-state index in [9.17, 15) is 4.79 Å². The molecule has 0 bridgehead atoms. The second-order valence-electron chi connectivity index (χ2n) is 5.51. The highest BCUT2D eigenvalue weighted by atomic mass is 16.5. The smallest absolute Gasteiger partial charge is 0.255 e. The maximum absolute atomic E-state index is 12.5. The van der Waals surface area contributed by atoms with E-state index in [0.29, 0.717) is 13.1 Å². The lowest BCUT2D eigenvalue weighted by molar-refractivity contribution is 0.242. The molecule has 4 nitrogen and oxygen atoms in total. The van der Waals surface area contributed by atoms with E-state index in [1.54, 1.807) is 0 Å². The number of aromatic nitrogens is 1. The Morgan fingerprint density at radius 1 is 1.14 bits per heavy atom. The highest BCUT2D eigenvalue weighted by Crippen LogP contribution is 2.22. The minimum atomic E-state index is 0.0665. The van der Waals surface area contributed by atoms with Gasteiger partial charge in [-0.2, -0.15) is 0 Å². The van der Waals surface area contributed by atoms with Crippen LogP contribution in [0.1, 0.15) is 26.3 Å². The van der Waals surface area contributed by atoms with Crippen molar-refractivity contribution in [2.45, 2.75) is 40.0 Å². The normalized spacial score (nSPS) is 11.0. The molecule has 0 saturated heterocycles. The van der Waals surface area contributed by atoms with Gasteiger partial charge >= 0.3 is 0 Å². The molecule has 0 spiro atoms. The Bertz CT molecular complexity index is 672. The lowest BCUT2D eigenvalue weighted by atomic mass is 10.1. The molecule has 22 heavy (non-hydrogen) atoms. The van der Waals surface area contributed by atoms with Crippen molar-refractivity contribution < 1.29 is 4.74 Å². The third-order valence-electron chi connectivity index (χ3n) is 3.46. The van der Waals surface area contributed by atoms with Gasteiger partial charge in [-0.15, -0.1) is 0 Å². The zero-order chi connectivity index (χ0) is 16.1. The third kappa shape index (κ3) is 3.57. The van der Waals surface area contributed by atoms with Crippen molar-refractivity contribution in [1.82, 2.24) is 9.88 Å². The van der Waals surface area contributed by atoms with Crippen molar-refractivity contribution in [3.63, 3.8) is 0 Å². The van der Waals surface area contributed by atoms with Crippen LogP contribution >= 0.6 is 0 Å². The van der Waals surface area contributed by atoms with Gasteiger partial charge in [0.2, 0.25) is 0 Å². The molecule has 2 rings (SSSR count). The highest BCUT2D eigenvalue weighted by molar-refractivity contribution is 5.61. The van der Waals surface area contributed by atoms with Gasteiger partial charge in [0.1, 0.15) is 5.75 Å². The Balaban J connectivity index is 2.40. The Morgan fingerprint density at radius 3 is 2.36 bits per heavy atom. The summed E-state index contributed by atoms with van der Waals surface area (Å²) < 4.78 is 7.47. The lowest BCUT2D eigenvalue weighted by Gasteiger charge is -2.14. The van der Waals surface area contributed by atoms with Crippen LogP contribution in [0, 0.1) is 0 Å². The summed E-state index contributed by atoms with van der Waals surface area (Å²) in [5.74, 6) is 0.843. The van der Waals surface area contributed by atoms with E-state index < -0.39 is 0 Å². The Hall–Kier alpha value is -2.07. The summed E-state index contributed by atoms with van der Waals surface area (Å²) in [6.45, 7) is 7.23. The monoisotopic (exact) mass is 300 g/mol. The SMILES string of the molecule is CCn1c(-c2ccc(OC(C)C)cc2)ccc(CNC)c1=O. The fourth-order valence-corrected chi connectivity index (χ4v) is 2.49. The van der Waals surface area contributed by atoms with Gasteiger partial charge in [0, 0.05) is 18.7 Å². The van der Waals surface area contributed by atoms with Crippen LogP contribution in [-0.2, 0) is 13.1 Å². The molecule has 1 heterocycles. The predicted molar refractivity (Wildman–Crippen MR) is 90.3 cm³/mol. The second-order valence-corrected chi connectivity index (χ2v) is 5.51. The van der Waals surface area contributed by atoms with Gasteiger partial charge < -0.3 is 14.6 Å². The zero-order valence-corrected chi connectivity index (χ0v) is 13.7. The molecular formula is C18H24N2O2. The number of nitrogens with one attached hydrogen (secondary N) is 1. The van der Waals surface area contributed by atoms with Crippen molar-refractivity contribution in [1.29, 1.82) is 0 Å². The molecule has 0 fully saturated rings. The van der Waals surface area contributed by atoms with Gasteiger partial charge in [0.15, 0.2) is 0 Å². The fourth-order valence-electron chi connectivity index (χ4n) is 2.49. The first kappa shape index (κ1) is 16.3. The molecule has 0 aliphatic heterocycles. The lowest BCUT2D eigenvalue weighted by Crippen LogP contribution is -2.26. The standard InChI is InChI=1S/C18H24N2O2/c1-5-20-17(11-8-15(12-19-4)18(20)21)14-6-9-16(10-7-14)22-13(2)3/h6-11,13,19H,5,12H2,1-4H3. The maximum Gasteiger partial charge on any atom is 0.255 e. The molecule has 2 aromatic rings. The number of hydrogen-bond donors (Lipinski definition) is 1. The van der Waals surface area contributed by atoms with Gasteiger partial charge in [-0.3, -0.25) is 4.79 Å². The molecule has 0 radical (unpaired) electrons. The largest absolute Gasteiger partial charge is 0.491 e. The number of hydrogen-bond acceptors (Lipinski definition) is 3. The van der Waals surface area contributed by atoms with Gasteiger partial charge in [-0.1, -0.05) is 6.07 Å². The number of rotatable bonds is 6. The van der Waals surface area contributed by atoms with Crippen LogP contribution in [-0.4, -0.2) is 17.7 Å². The molecule has 1 aromatic heterocycles. The number of nitrogens with zero attached hydrogens (tertiary/aromatic N) is 1. The summed E-state index contributed by atoms with van der Waals surface area (Å²) in [5, 5.41) is 3.03. The molecule has 0 saturated carbocycles. The van der Waals surface area contributed by atoms with Crippen molar-refractivity contribution in [3.05, 3.63) is 52.3 Å². The average molecular weight is 300 g/mol. The first-order valence-electron chi connectivity index (χ1n) is 7.71. The van der Waals surface area contributed by atoms with Crippen LogP contribution in [0.15, 0.2) is 41.2 Å². The fraction of sp³-hybridized carbons (Fsp3) is 0.389. The van der Waals surface area contributed by atoms with Crippen molar-refractivity contribution in [2.75, 3.05) is 7.05 Å². The Kier molecular flexibility index (Phi) is 5.39. The van der Waals surface area contributed by atoms with E-state index in [2.05, 4.69) is 5.32 Å². The Labute approximate surface area is 131 Å². The molecule has 0 unspecified atom stereocenters. The third-order valence-corrected chi connectivity index (χ3v) is 3.46. The first-order valence-corrected chi connectivity index (χ1v) is 7.71. The van der Waals surface area contributed by atoms with Gasteiger partial charge in [-0.05, 0) is 63.7 Å². The number of benzene rings is 1. The van der Waals surface area contributed by atoms with Crippen molar-refractivity contribution in [2.24, 2.45) is 0 Å². The van der Waals surface area contributed by atoms with Crippen LogP contribution in [0.4, 0.5) is 0 Å². The summed E-state index contributed by atoms with van der Waals surface area (Å²) >= 11 is 0. The highest BCUT2D eigenvalue weighted by Gasteiger charge is 2.09. The summed E-state index contributed by atoms with van der Waals surface area (Å²) in [4.78, 5) is 12.5. The molecule has 0 atom stereocenters. The maximum atomic E-state index is 12.5. The molecule has 1 N–H and O–H groups in total. The van der Waals surface area contributed by atoms with E-state index >= 15 is 0 Å². The van der Waals surface area contributed by atoms with Gasteiger partial charge in [-0.25, -0.2) is 0 Å². The van der Waals surface area contributed by atoms with E-state index in [1.165, 1.54) is 0 Å². The summed E-state index contributed by atoms with van der Waals surface area (Å²) in [5.41, 5.74) is 2.80. The van der Waals surface area contributed by atoms with Crippen LogP contribution in [0.2, 0.25) is 0 Å². The molecule has 0 amide bonds. The van der Waals surface area contributed by atoms with Crippen LogP contribution in [0.25, 0.3) is 11.3 Å². The molecule has 0 aliphatic rings. The minimum Gasteiger partial charge on any atom is -0.491 e. The van der Waals surface area contributed by atoms with E-state index in [0.717, 1.165) is 22.6 Å². The van der Waals surface area contributed by atoms with Gasteiger partial charge in [0.25, 0.3) is 5.56 Å². The molecule has 4 heteroatoms. The molecule has 0 aliphatic carbocycles. The van der Waals surface area contributed by atoms with Crippen LogP contribution in [0.5, 0.6) is 5.75 Å². The van der Waals surface area contributed by atoms with E-state index in [4.69, 9.17) is 4.74 Å². The van der Waals surface area contributed by atoms with E-state index in [1.807, 2.05) is 68.8 Å². The van der Waals surface area contributed by atoms with Crippen molar-refractivity contribution >= 4 is 0 Å². The number of ether oxygens (including phenoxy) is 1. The minimum absolute atomic E-state index is 0.0665. The quantitative estimate of drug-likeness (QED) is 0.891. The second kappa shape index (κ2) is 7.27. The molecular weight excluding hydrogens is 276 g/mol. The summed E-state index contributed by atoms with van der Waals surface area (Å²) in [6.07, 6.45) is 0.153. The predicted octanol–water partition coefficient (Wildman–Crippen LogP) is 3.04. The zero-order valence-electron chi connectivity index (χ0n) is 13.7. The van der Waals surface area contributed by atoms with Gasteiger partial charge in [0.05, 0.1) is 11.8 Å².